The lowest BCUT2D eigenvalue weighted by molar-refractivity contribution is 0.667. The number of benzene rings is 8. The Morgan fingerprint density at radius 3 is 1.76 bits per heavy atom. The molecule has 0 aliphatic heterocycles. The third kappa shape index (κ3) is 5.69. The van der Waals surface area contributed by atoms with E-state index in [0.717, 1.165) is 97.7 Å². The minimum absolute atomic E-state index is 0.615. The summed E-state index contributed by atoms with van der Waals surface area (Å²) in [5.41, 5.74) is 11.0. The van der Waals surface area contributed by atoms with Crippen LogP contribution in [0, 0.1) is 0 Å². The molecule has 5 aromatic heterocycles. The first kappa shape index (κ1) is 35.4. The molecular formula is C55H32N6OS. The standard InChI is InChI=1S/C55H32N6OS/c1-4-16-33(17-5-1)52-56-49(51-50(57-52)38-23-11-13-28-44(38)62-51)35-30-31-39-46(32-35)63-45-29-15-25-41(48(39)45)55-59-53(34-18-6-2-7-19-34)58-54(60-55)40-24-14-27-43-47(40)37-22-10-12-26-42(37)61(43)36-20-8-3-9-21-36/h1-32H. The zero-order valence-corrected chi connectivity index (χ0v) is 34.3. The largest absolute Gasteiger partial charge is 0.452 e. The van der Waals surface area contributed by atoms with Crippen molar-refractivity contribution in [2.45, 2.75) is 0 Å². The van der Waals surface area contributed by atoms with Gasteiger partial charge in [-0.25, -0.2) is 24.9 Å². The maximum Gasteiger partial charge on any atom is 0.180 e. The van der Waals surface area contributed by atoms with Gasteiger partial charge in [-0.15, -0.1) is 11.3 Å². The molecule has 0 spiro atoms. The van der Waals surface area contributed by atoms with Crippen molar-refractivity contribution < 1.29 is 4.42 Å². The summed E-state index contributed by atoms with van der Waals surface area (Å²) in [7, 11) is 0. The van der Waals surface area contributed by atoms with E-state index in [1.807, 2.05) is 66.7 Å². The van der Waals surface area contributed by atoms with Crippen molar-refractivity contribution in [3.63, 3.8) is 0 Å². The first-order valence-electron chi connectivity index (χ1n) is 20.8. The van der Waals surface area contributed by atoms with Gasteiger partial charge in [0.2, 0.25) is 0 Å². The summed E-state index contributed by atoms with van der Waals surface area (Å²) >= 11 is 1.75. The summed E-state index contributed by atoms with van der Waals surface area (Å²) in [6.07, 6.45) is 0. The fourth-order valence-electron chi connectivity index (χ4n) is 9.06. The SMILES string of the molecule is c1ccc(-c2nc(-c3cccc4sc5cc(-c6nc(-c7ccccc7)nc7c6oc6ccccc67)ccc5c34)nc(-c3cccc4c3c3ccccc3n4-c3ccccc3)n2)cc1. The highest BCUT2D eigenvalue weighted by atomic mass is 32.1. The Labute approximate surface area is 364 Å². The molecule has 13 rings (SSSR count). The maximum atomic E-state index is 6.50. The summed E-state index contributed by atoms with van der Waals surface area (Å²) in [4.78, 5) is 26.1. The molecule has 7 nitrogen and oxygen atoms in total. The van der Waals surface area contributed by atoms with Crippen LogP contribution in [0.1, 0.15) is 0 Å². The highest BCUT2D eigenvalue weighted by Gasteiger charge is 2.23. The van der Waals surface area contributed by atoms with Crippen LogP contribution < -0.4 is 0 Å². The fraction of sp³-hybridized carbons (Fsp3) is 0. The Balaban J connectivity index is 1.02. The van der Waals surface area contributed by atoms with Gasteiger partial charge >= 0.3 is 0 Å². The van der Waals surface area contributed by atoms with Gasteiger partial charge in [-0.3, -0.25) is 0 Å². The second-order valence-corrected chi connectivity index (χ2v) is 16.7. The maximum absolute atomic E-state index is 6.50. The van der Waals surface area contributed by atoms with Crippen molar-refractivity contribution >= 4 is 75.4 Å². The van der Waals surface area contributed by atoms with Gasteiger partial charge < -0.3 is 8.98 Å². The van der Waals surface area contributed by atoms with Crippen LogP contribution in [0.15, 0.2) is 199 Å². The molecule has 0 fully saturated rings. The molecule has 13 aromatic rings. The zero-order valence-electron chi connectivity index (χ0n) is 33.5. The van der Waals surface area contributed by atoms with E-state index < -0.39 is 0 Å². The van der Waals surface area contributed by atoms with Gasteiger partial charge in [-0.05, 0) is 48.5 Å². The molecule has 0 saturated carbocycles. The molecule has 0 aliphatic rings. The van der Waals surface area contributed by atoms with Gasteiger partial charge in [0.25, 0.3) is 0 Å². The Kier molecular flexibility index (Phi) is 7.94. The van der Waals surface area contributed by atoms with Gasteiger partial charge in [-0.2, -0.15) is 0 Å². The number of aromatic nitrogens is 6. The highest BCUT2D eigenvalue weighted by Crippen LogP contribution is 2.44. The first-order valence-corrected chi connectivity index (χ1v) is 21.7. The number of thiophene rings is 1. The van der Waals surface area contributed by atoms with E-state index in [0.29, 0.717) is 28.9 Å². The third-order valence-electron chi connectivity index (χ3n) is 11.9. The summed E-state index contributed by atoms with van der Waals surface area (Å²) in [5, 5.41) is 5.41. The second kappa shape index (κ2) is 14.1. The van der Waals surface area contributed by atoms with Crippen LogP contribution in [-0.2, 0) is 0 Å². The first-order chi connectivity index (χ1) is 31.2. The molecular weight excluding hydrogens is 793 g/mol. The lowest BCUT2D eigenvalue weighted by atomic mass is 10.0. The predicted octanol–water partition coefficient (Wildman–Crippen LogP) is 14.4. The van der Waals surface area contributed by atoms with Gasteiger partial charge in [0.05, 0.1) is 11.0 Å². The highest BCUT2D eigenvalue weighted by molar-refractivity contribution is 7.26. The Morgan fingerprint density at radius 1 is 0.397 bits per heavy atom. The van der Waals surface area contributed by atoms with E-state index in [1.54, 1.807) is 11.3 Å². The van der Waals surface area contributed by atoms with Crippen molar-refractivity contribution in [2.24, 2.45) is 0 Å². The molecule has 0 atom stereocenters. The van der Waals surface area contributed by atoms with Crippen LogP contribution in [0.3, 0.4) is 0 Å². The monoisotopic (exact) mass is 824 g/mol. The van der Waals surface area contributed by atoms with Gasteiger partial charge in [0.15, 0.2) is 28.9 Å². The Morgan fingerprint density at radius 2 is 1.00 bits per heavy atom. The summed E-state index contributed by atoms with van der Waals surface area (Å²) in [5.74, 6) is 2.51. The van der Waals surface area contributed by atoms with Gasteiger partial charge in [0, 0.05) is 69.8 Å². The molecule has 8 heteroatoms. The molecule has 0 radical (unpaired) electrons. The molecule has 0 aliphatic carbocycles. The normalized spacial score (nSPS) is 11.8. The molecule has 0 bridgehead atoms. The minimum Gasteiger partial charge on any atom is -0.452 e. The molecule has 8 aromatic carbocycles. The van der Waals surface area contributed by atoms with Crippen LogP contribution in [0.2, 0.25) is 0 Å². The zero-order chi connectivity index (χ0) is 41.4. The van der Waals surface area contributed by atoms with Crippen molar-refractivity contribution in [1.29, 1.82) is 0 Å². The van der Waals surface area contributed by atoms with Crippen LogP contribution in [0.5, 0.6) is 0 Å². The summed E-state index contributed by atoms with van der Waals surface area (Å²) < 4.78 is 11.1. The van der Waals surface area contributed by atoms with Crippen LogP contribution in [0.4, 0.5) is 0 Å². The van der Waals surface area contributed by atoms with Crippen molar-refractivity contribution in [3.05, 3.63) is 194 Å². The summed E-state index contributed by atoms with van der Waals surface area (Å²) in [6.45, 7) is 0. The van der Waals surface area contributed by atoms with Crippen molar-refractivity contribution in [3.8, 4) is 62.5 Å². The Hall–Kier alpha value is -8.33. The smallest absolute Gasteiger partial charge is 0.180 e. The van der Waals surface area contributed by atoms with Gasteiger partial charge in [-0.1, -0.05) is 146 Å². The number of rotatable bonds is 6. The van der Waals surface area contributed by atoms with Gasteiger partial charge in [0.1, 0.15) is 16.8 Å². The van der Waals surface area contributed by atoms with Crippen molar-refractivity contribution in [2.75, 3.05) is 0 Å². The number of fused-ring (bicyclic) bond motifs is 9. The molecule has 63 heavy (non-hydrogen) atoms. The lowest BCUT2D eigenvalue weighted by Crippen LogP contribution is -2.01. The number of para-hydroxylation sites is 3. The molecule has 0 N–H and O–H groups in total. The second-order valence-electron chi connectivity index (χ2n) is 15.6. The fourth-order valence-corrected chi connectivity index (χ4v) is 10.2. The van der Waals surface area contributed by atoms with Crippen LogP contribution >= 0.6 is 11.3 Å². The minimum atomic E-state index is 0.615. The molecule has 0 unspecified atom stereocenters. The average Bonchev–Trinajstić information content (AvgIpc) is 4.04. The van der Waals surface area contributed by atoms with E-state index in [9.17, 15) is 0 Å². The topological polar surface area (TPSA) is 82.5 Å². The van der Waals surface area contributed by atoms with E-state index in [2.05, 4.69) is 132 Å². The molecule has 294 valence electrons. The van der Waals surface area contributed by atoms with Crippen LogP contribution in [-0.4, -0.2) is 29.5 Å². The number of hydrogen-bond donors (Lipinski definition) is 0. The van der Waals surface area contributed by atoms with E-state index in [-0.39, 0.29) is 0 Å². The predicted molar refractivity (Wildman–Crippen MR) is 257 cm³/mol. The molecule has 5 heterocycles. The molecule has 0 saturated heterocycles. The van der Waals surface area contributed by atoms with Crippen molar-refractivity contribution in [1.82, 2.24) is 29.5 Å². The Bertz CT molecular complexity index is 3910. The van der Waals surface area contributed by atoms with Crippen LogP contribution in [0.25, 0.3) is 127 Å². The average molecular weight is 825 g/mol. The number of furan rings is 1. The van der Waals surface area contributed by atoms with E-state index in [4.69, 9.17) is 29.3 Å². The molecule has 0 amide bonds. The lowest BCUT2D eigenvalue weighted by Gasteiger charge is -2.11. The summed E-state index contributed by atoms with van der Waals surface area (Å²) in [6, 6.07) is 66.8. The number of nitrogens with zero attached hydrogens (tertiary/aromatic N) is 6. The third-order valence-corrected chi connectivity index (χ3v) is 13.0. The quantitative estimate of drug-likeness (QED) is 0.166. The van der Waals surface area contributed by atoms with E-state index >= 15 is 0 Å². The number of hydrogen-bond acceptors (Lipinski definition) is 7. The van der Waals surface area contributed by atoms with E-state index in [1.165, 1.54) is 0 Å².